The van der Waals surface area contributed by atoms with Crippen molar-refractivity contribution in [3.8, 4) is 0 Å². The van der Waals surface area contributed by atoms with E-state index < -0.39 is 0 Å². The summed E-state index contributed by atoms with van der Waals surface area (Å²) in [5.41, 5.74) is 0. The van der Waals surface area contributed by atoms with E-state index in [1.54, 1.807) is 0 Å². The lowest BCUT2D eigenvalue weighted by Gasteiger charge is -2.41. The Hall–Kier alpha value is -0.120. The summed E-state index contributed by atoms with van der Waals surface area (Å²) in [6.45, 7) is 12.1. The molecule has 3 nitrogen and oxygen atoms in total. The molecular weight excluding hydrogens is 250 g/mol. The van der Waals surface area contributed by atoms with Crippen molar-refractivity contribution in [2.45, 2.75) is 65.1 Å². The van der Waals surface area contributed by atoms with Gasteiger partial charge in [0.15, 0.2) is 0 Å². The van der Waals surface area contributed by atoms with Gasteiger partial charge in [-0.15, -0.1) is 0 Å². The van der Waals surface area contributed by atoms with E-state index in [1.165, 1.54) is 51.7 Å². The van der Waals surface area contributed by atoms with Crippen molar-refractivity contribution < 1.29 is 9.47 Å². The van der Waals surface area contributed by atoms with Crippen LogP contribution >= 0.6 is 0 Å². The molecule has 0 aromatic carbocycles. The molecule has 1 saturated heterocycles. The van der Waals surface area contributed by atoms with Gasteiger partial charge in [-0.3, -0.25) is 0 Å². The van der Waals surface area contributed by atoms with Gasteiger partial charge in [0.25, 0.3) is 0 Å². The predicted molar refractivity (Wildman–Crippen MR) is 83.0 cm³/mol. The minimum Gasteiger partial charge on any atom is -0.382 e. The normalized spacial score (nSPS) is 28.8. The van der Waals surface area contributed by atoms with Gasteiger partial charge in [-0.2, -0.15) is 0 Å². The number of hydrogen-bond donors (Lipinski definition) is 0. The van der Waals surface area contributed by atoms with Crippen LogP contribution in [0, 0.1) is 11.8 Å². The first-order valence-corrected chi connectivity index (χ1v) is 8.63. The molecule has 1 aliphatic heterocycles. The Balaban J connectivity index is 1.52. The van der Waals surface area contributed by atoms with Gasteiger partial charge in [0, 0.05) is 19.8 Å². The fraction of sp³-hybridized carbons (Fsp3) is 1.00. The van der Waals surface area contributed by atoms with Crippen LogP contribution in [0.2, 0.25) is 0 Å². The Labute approximate surface area is 125 Å². The van der Waals surface area contributed by atoms with E-state index in [4.69, 9.17) is 9.47 Å². The summed E-state index contributed by atoms with van der Waals surface area (Å²) in [6, 6.07) is 0. The van der Waals surface area contributed by atoms with Crippen LogP contribution in [0.3, 0.4) is 0 Å². The first-order valence-electron chi connectivity index (χ1n) is 8.63. The lowest BCUT2D eigenvalue weighted by molar-refractivity contribution is -0.0694. The first kappa shape index (κ1) is 16.3. The molecule has 0 N–H and O–H groups in total. The van der Waals surface area contributed by atoms with E-state index in [1.807, 2.05) is 0 Å². The standard InChI is InChI=1S/C17H33NO2/c1-4-19-10-7-15-5-8-18(9-6-15)13-16-11-17(12-16)20-14(2)3/h14-17H,4-13H2,1-3H3/t16-,17-. The number of hydrogen-bond acceptors (Lipinski definition) is 3. The van der Waals surface area contributed by atoms with Gasteiger partial charge in [-0.05, 0) is 77.8 Å². The molecule has 1 heterocycles. The third-order valence-electron chi connectivity index (χ3n) is 4.76. The second-order valence-electron chi connectivity index (χ2n) is 6.87. The van der Waals surface area contributed by atoms with E-state index >= 15 is 0 Å². The van der Waals surface area contributed by atoms with Gasteiger partial charge in [0.2, 0.25) is 0 Å². The Bertz CT molecular complexity index is 256. The fourth-order valence-electron chi connectivity index (χ4n) is 3.54. The SMILES string of the molecule is CCOCCC1CCN(C[C@H]2C[C@H](OC(C)C)C2)CC1. The molecule has 1 saturated carbocycles. The Morgan fingerprint density at radius 2 is 1.80 bits per heavy atom. The van der Waals surface area contributed by atoms with Gasteiger partial charge in [-0.1, -0.05) is 0 Å². The van der Waals surface area contributed by atoms with E-state index in [0.717, 1.165) is 25.0 Å². The summed E-state index contributed by atoms with van der Waals surface area (Å²) >= 11 is 0. The minimum absolute atomic E-state index is 0.391. The lowest BCUT2D eigenvalue weighted by atomic mass is 9.81. The topological polar surface area (TPSA) is 21.7 Å². The summed E-state index contributed by atoms with van der Waals surface area (Å²) < 4.78 is 11.3. The zero-order valence-electron chi connectivity index (χ0n) is 13.6. The number of ether oxygens (including phenoxy) is 2. The van der Waals surface area contributed by atoms with Crippen molar-refractivity contribution in [3.63, 3.8) is 0 Å². The summed E-state index contributed by atoms with van der Waals surface area (Å²) in [5, 5.41) is 0. The Kier molecular flexibility index (Phi) is 6.79. The second-order valence-corrected chi connectivity index (χ2v) is 6.87. The monoisotopic (exact) mass is 283 g/mol. The van der Waals surface area contributed by atoms with E-state index in [9.17, 15) is 0 Å². The zero-order chi connectivity index (χ0) is 14.4. The second kappa shape index (κ2) is 8.35. The highest BCUT2D eigenvalue weighted by molar-refractivity contribution is 4.84. The maximum Gasteiger partial charge on any atom is 0.0584 e. The van der Waals surface area contributed by atoms with Gasteiger partial charge < -0.3 is 14.4 Å². The maximum atomic E-state index is 5.85. The molecule has 20 heavy (non-hydrogen) atoms. The van der Waals surface area contributed by atoms with Crippen LogP contribution in [0.15, 0.2) is 0 Å². The first-order chi connectivity index (χ1) is 9.67. The third-order valence-corrected chi connectivity index (χ3v) is 4.76. The molecule has 118 valence electrons. The van der Waals surface area contributed by atoms with Crippen LogP contribution in [0.5, 0.6) is 0 Å². The minimum atomic E-state index is 0.391. The molecule has 0 unspecified atom stereocenters. The molecule has 0 radical (unpaired) electrons. The number of nitrogens with zero attached hydrogens (tertiary/aromatic N) is 1. The zero-order valence-corrected chi connectivity index (χ0v) is 13.6. The van der Waals surface area contributed by atoms with Crippen LogP contribution in [0.25, 0.3) is 0 Å². The van der Waals surface area contributed by atoms with Crippen molar-refractivity contribution >= 4 is 0 Å². The summed E-state index contributed by atoms with van der Waals surface area (Å²) in [5.74, 6) is 1.79. The summed E-state index contributed by atoms with van der Waals surface area (Å²) in [6.07, 6.45) is 7.49. The van der Waals surface area contributed by atoms with Gasteiger partial charge in [0.05, 0.1) is 12.2 Å². The molecule has 2 fully saturated rings. The Morgan fingerprint density at radius 3 is 2.40 bits per heavy atom. The van der Waals surface area contributed by atoms with Crippen molar-refractivity contribution in [2.24, 2.45) is 11.8 Å². The molecule has 0 amide bonds. The molecule has 0 atom stereocenters. The molecule has 2 rings (SSSR count). The van der Waals surface area contributed by atoms with E-state index in [0.29, 0.717) is 12.2 Å². The summed E-state index contributed by atoms with van der Waals surface area (Å²) in [4.78, 5) is 2.67. The summed E-state index contributed by atoms with van der Waals surface area (Å²) in [7, 11) is 0. The average molecular weight is 283 g/mol. The van der Waals surface area contributed by atoms with Crippen LogP contribution < -0.4 is 0 Å². The smallest absolute Gasteiger partial charge is 0.0584 e. The van der Waals surface area contributed by atoms with Crippen LogP contribution in [0.1, 0.15) is 52.9 Å². The molecule has 0 bridgehead atoms. The number of piperidine rings is 1. The van der Waals surface area contributed by atoms with Crippen LogP contribution in [0.4, 0.5) is 0 Å². The molecule has 1 aliphatic carbocycles. The fourth-order valence-corrected chi connectivity index (χ4v) is 3.54. The maximum absolute atomic E-state index is 5.85. The van der Waals surface area contributed by atoms with Crippen LogP contribution in [-0.2, 0) is 9.47 Å². The van der Waals surface area contributed by atoms with E-state index in [2.05, 4.69) is 25.7 Å². The molecule has 0 spiro atoms. The number of likely N-dealkylation sites (tertiary alicyclic amines) is 1. The van der Waals surface area contributed by atoms with E-state index in [-0.39, 0.29) is 0 Å². The highest BCUT2D eigenvalue weighted by Crippen LogP contribution is 2.32. The average Bonchev–Trinajstić information content (AvgIpc) is 2.38. The highest BCUT2D eigenvalue weighted by atomic mass is 16.5. The molecule has 0 aromatic rings. The predicted octanol–water partition coefficient (Wildman–Crippen LogP) is 3.33. The largest absolute Gasteiger partial charge is 0.382 e. The molecule has 2 aliphatic rings. The van der Waals surface area contributed by atoms with Gasteiger partial charge >= 0.3 is 0 Å². The molecule has 3 heteroatoms. The Morgan fingerprint density at radius 1 is 1.10 bits per heavy atom. The van der Waals surface area contributed by atoms with Crippen molar-refractivity contribution in [2.75, 3.05) is 32.8 Å². The van der Waals surface area contributed by atoms with Crippen molar-refractivity contribution in [1.29, 1.82) is 0 Å². The van der Waals surface area contributed by atoms with Crippen molar-refractivity contribution in [3.05, 3.63) is 0 Å². The quantitative estimate of drug-likeness (QED) is 0.638. The third kappa shape index (κ3) is 5.34. The molecular formula is C17H33NO2. The van der Waals surface area contributed by atoms with Crippen molar-refractivity contribution in [1.82, 2.24) is 4.90 Å². The van der Waals surface area contributed by atoms with Gasteiger partial charge in [-0.25, -0.2) is 0 Å². The lowest BCUT2D eigenvalue weighted by Crippen LogP contribution is -2.43. The number of rotatable bonds is 8. The van der Waals surface area contributed by atoms with Gasteiger partial charge in [0.1, 0.15) is 0 Å². The van der Waals surface area contributed by atoms with Crippen LogP contribution in [-0.4, -0.2) is 50.0 Å². The molecule has 0 aromatic heterocycles. The highest BCUT2D eigenvalue weighted by Gasteiger charge is 2.32.